The van der Waals surface area contributed by atoms with E-state index in [0.29, 0.717) is 0 Å². The van der Waals surface area contributed by atoms with Gasteiger partial charge in [-0.15, -0.1) is 12.4 Å². The van der Waals surface area contributed by atoms with Gasteiger partial charge in [-0.3, -0.25) is 0 Å². The predicted molar refractivity (Wildman–Crippen MR) is 57.3 cm³/mol. The number of hydrogen-bond acceptors (Lipinski definition) is 2. The second kappa shape index (κ2) is 6.08. The highest BCUT2D eigenvalue weighted by Crippen LogP contribution is 2.34. The van der Waals surface area contributed by atoms with Gasteiger partial charge in [0, 0.05) is 0 Å². The molecular weight excluding hydrogens is 243 g/mol. The molecule has 2 nitrogen and oxygen atoms in total. The fraction of sp³-hybridized carbons (Fsp3) is 0.400. The first kappa shape index (κ1) is 15.2. The van der Waals surface area contributed by atoms with Crippen LogP contribution in [0.5, 0.6) is 0 Å². The SMILES string of the molecule is Cl.NCCC(O)c1ccccc1C(F)(F)F. The molecule has 0 heterocycles. The molecule has 3 N–H and O–H groups in total. The van der Waals surface area contributed by atoms with Crippen molar-refractivity contribution in [1.29, 1.82) is 0 Å². The van der Waals surface area contributed by atoms with Crippen LogP contribution in [0.2, 0.25) is 0 Å². The number of alkyl halides is 3. The average Bonchev–Trinajstić information content (AvgIpc) is 2.17. The molecule has 0 aliphatic carbocycles. The molecule has 0 saturated heterocycles. The van der Waals surface area contributed by atoms with Crippen LogP contribution in [0, 0.1) is 0 Å². The van der Waals surface area contributed by atoms with E-state index in [1.54, 1.807) is 0 Å². The van der Waals surface area contributed by atoms with Crippen molar-refractivity contribution in [2.75, 3.05) is 6.54 Å². The summed E-state index contributed by atoms with van der Waals surface area (Å²) in [6.07, 6.45) is -5.48. The Labute approximate surface area is 97.7 Å². The Morgan fingerprint density at radius 2 is 1.81 bits per heavy atom. The van der Waals surface area contributed by atoms with Crippen molar-refractivity contribution in [2.45, 2.75) is 18.7 Å². The van der Waals surface area contributed by atoms with Crippen molar-refractivity contribution in [3.8, 4) is 0 Å². The van der Waals surface area contributed by atoms with Gasteiger partial charge in [0.1, 0.15) is 0 Å². The number of benzene rings is 1. The zero-order valence-electron chi connectivity index (χ0n) is 8.37. The summed E-state index contributed by atoms with van der Waals surface area (Å²) in [6.45, 7) is 0.146. The quantitative estimate of drug-likeness (QED) is 0.872. The van der Waals surface area contributed by atoms with Crippen LogP contribution in [0.15, 0.2) is 24.3 Å². The van der Waals surface area contributed by atoms with Crippen molar-refractivity contribution in [1.82, 2.24) is 0 Å². The van der Waals surface area contributed by atoms with Gasteiger partial charge in [0.15, 0.2) is 0 Å². The average molecular weight is 256 g/mol. The second-order valence-electron chi connectivity index (χ2n) is 3.18. The minimum Gasteiger partial charge on any atom is -0.388 e. The van der Waals surface area contributed by atoms with E-state index in [4.69, 9.17) is 5.73 Å². The van der Waals surface area contributed by atoms with E-state index in [2.05, 4.69) is 0 Å². The van der Waals surface area contributed by atoms with Crippen LogP contribution in [-0.2, 0) is 6.18 Å². The molecule has 0 aliphatic heterocycles. The Kier molecular flexibility index (Phi) is 5.78. The first-order chi connectivity index (χ1) is 6.96. The number of aliphatic hydroxyl groups excluding tert-OH is 1. The lowest BCUT2D eigenvalue weighted by Gasteiger charge is -2.16. The minimum atomic E-state index is -4.44. The highest BCUT2D eigenvalue weighted by atomic mass is 35.5. The highest BCUT2D eigenvalue weighted by Gasteiger charge is 2.34. The summed E-state index contributed by atoms with van der Waals surface area (Å²) in [5.41, 5.74) is 4.27. The van der Waals surface area contributed by atoms with Gasteiger partial charge >= 0.3 is 6.18 Å². The van der Waals surface area contributed by atoms with Gasteiger partial charge < -0.3 is 10.8 Å². The molecule has 92 valence electrons. The molecule has 1 unspecified atom stereocenters. The molecule has 1 aromatic rings. The molecule has 0 spiro atoms. The molecule has 0 radical (unpaired) electrons. The molecule has 0 fully saturated rings. The third-order valence-corrected chi connectivity index (χ3v) is 2.07. The maximum absolute atomic E-state index is 12.5. The van der Waals surface area contributed by atoms with Gasteiger partial charge in [-0.1, -0.05) is 18.2 Å². The zero-order chi connectivity index (χ0) is 11.5. The van der Waals surface area contributed by atoms with Crippen LogP contribution in [0.3, 0.4) is 0 Å². The van der Waals surface area contributed by atoms with Crippen molar-refractivity contribution in [3.63, 3.8) is 0 Å². The third-order valence-electron chi connectivity index (χ3n) is 2.07. The third kappa shape index (κ3) is 3.66. The maximum Gasteiger partial charge on any atom is 0.416 e. The van der Waals surface area contributed by atoms with Crippen molar-refractivity contribution < 1.29 is 18.3 Å². The van der Waals surface area contributed by atoms with Crippen LogP contribution in [0.4, 0.5) is 13.2 Å². The summed E-state index contributed by atoms with van der Waals surface area (Å²) in [7, 11) is 0. The topological polar surface area (TPSA) is 46.2 Å². The van der Waals surface area contributed by atoms with Crippen molar-refractivity contribution >= 4 is 12.4 Å². The van der Waals surface area contributed by atoms with Crippen LogP contribution < -0.4 is 5.73 Å². The van der Waals surface area contributed by atoms with Crippen LogP contribution in [0.25, 0.3) is 0 Å². The lowest BCUT2D eigenvalue weighted by Crippen LogP contribution is -2.14. The Morgan fingerprint density at radius 3 is 2.31 bits per heavy atom. The second-order valence-corrected chi connectivity index (χ2v) is 3.18. The van der Waals surface area contributed by atoms with Gasteiger partial charge in [0.05, 0.1) is 11.7 Å². The highest BCUT2D eigenvalue weighted by molar-refractivity contribution is 5.85. The normalized spacial score (nSPS) is 13.1. The maximum atomic E-state index is 12.5. The molecule has 0 aromatic heterocycles. The number of aliphatic hydroxyl groups is 1. The Bertz CT molecular complexity index is 330. The molecule has 0 amide bonds. The van der Waals surface area contributed by atoms with E-state index in [0.717, 1.165) is 6.07 Å². The minimum absolute atomic E-state index is 0. The van der Waals surface area contributed by atoms with E-state index < -0.39 is 17.8 Å². The Morgan fingerprint density at radius 1 is 1.25 bits per heavy atom. The number of halogens is 4. The van der Waals surface area contributed by atoms with Crippen molar-refractivity contribution in [2.24, 2.45) is 5.73 Å². The standard InChI is InChI=1S/C10H12F3NO.ClH/c11-10(12,13)8-4-2-1-3-7(8)9(15)5-6-14;/h1-4,9,15H,5-6,14H2;1H. The summed E-state index contributed by atoms with van der Waals surface area (Å²) < 4.78 is 37.5. The summed E-state index contributed by atoms with van der Waals surface area (Å²) in [6, 6.07) is 4.98. The van der Waals surface area contributed by atoms with E-state index in [1.165, 1.54) is 18.2 Å². The van der Waals surface area contributed by atoms with E-state index in [9.17, 15) is 18.3 Å². The fourth-order valence-electron chi connectivity index (χ4n) is 1.36. The lowest BCUT2D eigenvalue weighted by molar-refractivity contribution is -0.139. The van der Waals surface area contributed by atoms with Crippen molar-refractivity contribution in [3.05, 3.63) is 35.4 Å². The van der Waals surface area contributed by atoms with Crippen LogP contribution in [0.1, 0.15) is 23.7 Å². The van der Waals surface area contributed by atoms with Gasteiger partial charge in [0.25, 0.3) is 0 Å². The molecule has 6 heteroatoms. The first-order valence-electron chi connectivity index (χ1n) is 4.51. The molecule has 1 aromatic carbocycles. The zero-order valence-corrected chi connectivity index (χ0v) is 9.18. The Hall–Kier alpha value is -0.780. The summed E-state index contributed by atoms with van der Waals surface area (Å²) >= 11 is 0. The predicted octanol–water partition coefficient (Wildman–Crippen LogP) is 2.51. The Balaban J connectivity index is 0.00000225. The van der Waals surface area contributed by atoms with Gasteiger partial charge in [-0.2, -0.15) is 13.2 Å². The number of hydrogen-bond donors (Lipinski definition) is 2. The fourth-order valence-corrected chi connectivity index (χ4v) is 1.36. The molecule has 1 rings (SSSR count). The molecule has 0 saturated carbocycles. The van der Waals surface area contributed by atoms with Gasteiger partial charge in [0.2, 0.25) is 0 Å². The summed E-state index contributed by atoms with van der Waals surface area (Å²) in [5.74, 6) is 0. The number of rotatable bonds is 3. The molecule has 0 bridgehead atoms. The summed E-state index contributed by atoms with van der Waals surface area (Å²) in [5, 5.41) is 9.48. The monoisotopic (exact) mass is 255 g/mol. The largest absolute Gasteiger partial charge is 0.416 e. The van der Waals surface area contributed by atoms with E-state index in [-0.39, 0.29) is 30.9 Å². The van der Waals surface area contributed by atoms with Gasteiger partial charge in [-0.05, 0) is 24.6 Å². The molecule has 16 heavy (non-hydrogen) atoms. The van der Waals surface area contributed by atoms with E-state index in [1.807, 2.05) is 0 Å². The first-order valence-corrected chi connectivity index (χ1v) is 4.51. The molecular formula is C10H13ClF3NO. The van der Waals surface area contributed by atoms with Crippen LogP contribution >= 0.6 is 12.4 Å². The lowest BCUT2D eigenvalue weighted by atomic mass is 10.00. The van der Waals surface area contributed by atoms with Crippen LogP contribution in [-0.4, -0.2) is 11.7 Å². The molecule has 1 atom stereocenters. The van der Waals surface area contributed by atoms with Gasteiger partial charge in [-0.25, -0.2) is 0 Å². The molecule has 0 aliphatic rings. The smallest absolute Gasteiger partial charge is 0.388 e. The summed E-state index contributed by atoms with van der Waals surface area (Å²) in [4.78, 5) is 0. The van der Waals surface area contributed by atoms with E-state index >= 15 is 0 Å². The number of nitrogens with two attached hydrogens (primary N) is 1.